The van der Waals surface area contributed by atoms with Crippen molar-refractivity contribution < 1.29 is 0 Å². The number of hydrogen-bond donors (Lipinski definition) is 0. The third-order valence-electron chi connectivity index (χ3n) is 3.33. The van der Waals surface area contributed by atoms with Crippen LogP contribution in [-0.4, -0.2) is 9.55 Å². The number of pyridine rings is 1. The van der Waals surface area contributed by atoms with E-state index in [1.807, 2.05) is 24.4 Å². The van der Waals surface area contributed by atoms with Gasteiger partial charge in [0.25, 0.3) is 0 Å². The Morgan fingerprint density at radius 3 is 3.06 bits per heavy atom. The van der Waals surface area contributed by atoms with Crippen molar-refractivity contribution in [2.24, 2.45) is 0 Å². The van der Waals surface area contributed by atoms with E-state index in [2.05, 4.69) is 27.8 Å². The van der Waals surface area contributed by atoms with Crippen LogP contribution in [-0.2, 0) is 6.54 Å². The van der Waals surface area contributed by atoms with Crippen LogP contribution < -0.4 is 0 Å². The van der Waals surface area contributed by atoms with E-state index in [1.54, 1.807) is 0 Å². The van der Waals surface area contributed by atoms with Crippen molar-refractivity contribution in [3.63, 3.8) is 0 Å². The second kappa shape index (κ2) is 3.11. The Kier molecular flexibility index (Phi) is 1.69. The molecule has 0 aliphatic carbocycles. The molecule has 82 valence electrons. The SMILES string of the molecule is Clc1ccc2c(c1)-c1cc3cccnc3n1C2. The summed E-state index contributed by atoms with van der Waals surface area (Å²) in [6.07, 6.45) is 1.84. The van der Waals surface area contributed by atoms with Gasteiger partial charge in [0, 0.05) is 22.2 Å². The van der Waals surface area contributed by atoms with E-state index in [0.29, 0.717) is 0 Å². The first-order chi connectivity index (χ1) is 8.33. The van der Waals surface area contributed by atoms with E-state index >= 15 is 0 Å². The van der Waals surface area contributed by atoms with Gasteiger partial charge in [0.05, 0.1) is 12.2 Å². The quantitative estimate of drug-likeness (QED) is 0.458. The second-order valence-corrected chi connectivity index (χ2v) is 4.77. The third-order valence-corrected chi connectivity index (χ3v) is 3.57. The van der Waals surface area contributed by atoms with Crippen LogP contribution in [0, 0.1) is 0 Å². The van der Waals surface area contributed by atoms with E-state index in [4.69, 9.17) is 11.6 Å². The lowest BCUT2D eigenvalue weighted by Crippen LogP contribution is -1.93. The Morgan fingerprint density at radius 2 is 2.12 bits per heavy atom. The molecule has 3 heteroatoms. The second-order valence-electron chi connectivity index (χ2n) is 4.33. The lowest BCUT2D eigenvalue weighted by atomic mass is 10.1. The van der Waals surface area contributed by atoms with Gasteiger partial charge >= 0.3 is 0 Å². The zero-order chi connectivity index (χ0) is 11.4. The molecule has 3 heterocycles. The minimum atomic E-state index is 0.787. The van der Waals surface area contributed by atoms with Crippen molar-refractivity contribution in [2.45, 2.75) is 6.54 Å². The molecule has 2 nitrogen and oxygen atoms in total. The van der Waals surface area contributed by atoms with E-state index in [9.17, 15) is 0 Å². The normalized spacial score (nSPS) is 12.8. The van der Waals surface area contributed by atoms with Gasteiger partial charge in [0.1, 0.15) is 5.65 Å². The number of aromatic nitrogens is 2. The molecule has 0 saturated carbocycles. The van der Waals surface area contributed by atoms with Crippen LogP contribution in [0.25, 0.3) is 22.3 Å². The van der Waals surface area contributed by atoms with Crippen LogP contribution >= 0.6 is 11.6 Å². The van der Waals surface area contributed by atoms with Crippen molar-refractivity contribution in [1.29, 1.82) is 0 Å². The van der Waals surface area contributed by atoms with Gasteiger partial charge < -0.3 is 4.57 Å². The fourth-order valence-electron chi connectivity index (χ4n) is 2.57. The molecule has 3 aromatic rings. The number of hydrogen-bond acceptors (Lipinski definition) is 1. The molecule has 0 spiro atoms. The molecule has 1 aliphatic heterocycles. The average Bonchev–Trinajstić information content (AvgIpc) is 2.85. The van der Waals surface area contributed by atoms with E-state index < -0.39 is 0 Å². The van der Waals surface area contributed by atoms with Crippen LogP contribution in [0.4, 0.5) is 0 Å². The van der Waals surface area contributed by atoms with Gasteiger partial charge in [0.15, 0.2) is 0 Å². The number of nitrogens with zero attached hydrogens (tertiary/aromatic N) is 2. The molecular weight excluding hydrogens is 232 g/mol. The summed E-state index contributed by atoms with van der Waals surface area (Å²) >= 11 is 6.06. The lowest BCUT2D eigenvalue weighted by Gasteiger charge is -1.98. The van der Waals surface area contributed by atoms with E-state index in [0.717, 1.165) is 17.2 Å². The number of fused-ring (bicyclic) bond motifs is 5. The highest BCUT2D eigenvalue weighted by Crippen LogP contribution is 2.37. The molecule has 0 unspecified atom stereocenters. The van der Waals surface area contributed by atoms with Gasteiger partial charge in [-0.1, -0.05) is 17.7 Å². The fraction of sp³-hybridized carbons (Fsp3) is 0.0714. The zero-order valence-corrected chi connectivity index (χ0v) is 9.78. The molecular formula is C14H9ClN2. The van der Waals surface area contributed by atoms with Crippen molar-refractivity contribution in [1.82, 2.24) is 9.55 Å². The monoisotopic (exact) mass is 240 g/mol. The van der Waals surface area contributed by atoms with Crippen LogP contribution in [0.5, 0.6) is 0 Å². The molecule has 1 aromatic carbocycles. The average molecular weight is 241 g/mol. The molecule has 17 heavy (non-hydrogen) atoms. The number of rotatable bonds is 0. The maximum absolute atomic E-state index is 6.06. The Morgan fingerprint density at radius 1 is 1.18 bits per heavy atom. The summed E-state index contributed by atoms with van der Waals surface area (Å²) in [5.41, 5.74) is 4.82. The highest BCUT2D eigenvalue weighted by atomic mass is 35.5. The Labute approximate surface area is 103 Å². The first kappa shape index (κ1) is 9.25. The predicted molar refractivity (Wildman–Crippen MR) is 69.3 cm³/mol. The zero-order valence-electron chi connectivity index (χ0n) is 9.02. The summed E-state index contributed by atoms with van der Waals surface area (Å²) in [4.78, 5) is 4.45. The van der Waals surface area contributed by atoms with Crippen LogP contribution in [0.3, 0.4) is 0 Å². The Bertz CT molecular complexity index is 743. The molecule has 0 bridgehead atoms. The lowest BCUT2D eigenvalue weighted by molar-refractivity contribution is 0.873. The van der Waals surface area contributed by atoms with Gasteiger partial charge in [-0.15, -0.1) is 0 Å². The van der Waals surface area contributed by atoms with Crippen molar-refractivity contribution in [3.05, 3.63) is 53.2 Å². The van der Waals surface area contributed by atoms with Gasteiger partial charge in [0.2, 0.25) is 0 Å². The predicted octanol–water partition coefficient (Wildman–Crippen LogP) is 3.72. The largest absolute Gasteiger partial charge is 0.321 e. The minimum Gasteiger partial charge on any atom is -0.321 e. The third kappa shape index (κ3) is 1.19. The van der Waals surface area contributed by atoms with Crippen molar-refractivity contribution >= 4 is 22.6 Å². The standard InChI is InChI=1S/C14H9ClN2/c15-11-4-3-10-8-17-13(12(10)7-11)6-9-2-1-5-16-14(9)17/h1-7H,8H2. The van der Waals surface area contributed by atoms with Crippen LogP contribution in [0.1, 0.15) is 5.56 Å². The summed E-state index contributed by atoms with van der Waals surface area (Å²) in [5.74, 6) is 0. The van der Waals surface area contributed by atoms with Crippen molar-refractivity contribution in [3.8, 4) is 11.3 Å². The summed E-state index contributed by atoms with van der Waals surface area (Å²) < 4.78 is 2.25. The first-order valence-corrected chi connectivity index (χ1v) is 5.94. The van der Waals surface area contributed by atoms with E-state index in [1.165, 1.54) is 22.2 Å². The molecule has 4 rings (SSSR count). The highest BCUT2D eigenvalue weighted by Gasteiger charge is 2.21. The Hall–Kier alpha value is -1.80. The van der Waals surface area contributed by atoms with Gasteiger partial charge in [-0.3, -0.25) is 0 Å². The molecule has 0 radical (unpaired) electrons. The maximum atomic E-state index is 6.06. The molecule has 0 saturated heterocycles. The molecule has 0 atom stereocenters. The summed E-state index contributed by atoms with van der Waals surface area (Å²) in [5, 5.41) is 1.98. The molecule has 0 amide bonds. The number of benzene rings is 1. The highest BCUT2D eigenvalue weighted by molar-refractivity contribution is 6.30. The van der Waals surface area contributed by atoms with E-state index in [-0.39, 0.29) is 0 Å². The van der Waals surface area contributed by atoms with Gasteiger partial charge in [-0.05, 0) is 35.9 Å². The molecule has 2 aromatic heterocycles. The summed E-state index contributed by atoms with van der Waals surface area (Å²) in [6, 6.07) is 12.3. The minimum absolute atomic E-state index is 0.787. The first-order valence-electron chi connectivity index (χ1n) is 5.56. The maximum Gasteiger partial charge on any atom is 0.140 e. The van der Waals surface area contributed by atoms with Crippen LogP contribution in [0.15, 0.2) is 42.6 Å². The fourth-order valence-corrected chi connectivity index (χ4v) is 2.74. The Balaban J connectivity index is 2.09. The topological polar surface area (TPSA) is 17.8 Å². The van der Waals surface area contributed by atoms with Crippen LogP contribution in [0.2, 0.25) is 5.02 Å². The summed E-state index contributed by atoms with van der Waals surface area (Å²) in [6.45, 7) is 0.891. The van der Waals surface area contributed by atoms with Crippen molar-refractivity contribution in [2.75, 3.05) is 0 Å². The number of halogens is 1. The smallest absolute Gasteiger partial charge is 0.140 e. The molecule has 1 aliphatic rings. The molecule has 0 fully saturated rings. The van der Waals surface area contributed by atoms with Gasteiger partial charge in [-0.2, -0.15) is 0 Å². The molecule has 0 N–H and O–H groups in total. The summed E-state index contributed by atoms with van der Waals surface area (Å²) in [7, 11) is 0. The van der Waals surface area contributed by atoms with Gasteiger partial charge in [-0.25, -0.2) is 4.98 Å².